The fourth-order valence-corrected chi connectivity index (χ4v) is 1.23. The van der Waals surface area contributed by atoms with Crippen molar-refractivity contribution in [1.29, 1.82) is 0 Å². The van der Waals surface area contributed by atoms with E-state index in [1.165, 1.54) is 4.90 Å². The summed E-state index contributed by atoms with van der Waals surface area (Å²) in [5, 5.41) is 11.4. The Balaban J connectivity index is 4.35. The lowest BCUT2D eigenvalue weighted by atomic mass is 10.1. The van der Waals surface area contributed by atoms with E-state index in [2.05, 4.69) is 11.2 Å². The number of terminal acetylenes is 1. The third kappa shape index (κ3) is 6.46. The van der Waals surface area contributed by atoms with E-state index >= 15 is 0 Å². The molecule has 0 fully saturated rings. The smallest absolute Gasteiger partial charge is 0.323 e. The van der Waals surface area contributed by atoms with Crippen LogP contribution in [-0.2, 0) is 4.79 Å². The molecule has 96 valence electrons. The van der Waals surface area contributed by atoms with Crippen molar-refractivity contribution in [1.82, 2.24) is 10.2 Å². The number of carbonyl (C=O) groups excluding carboxylic acids is 1. The molecule has 0 aromatic heterocycles. The van der Waals surface area contributed by atoms with Crippen molar-refractivity contribution in [2.45, 2.75) is 39.2 Å². The minimum atomic E-state index is -1.03. The zero-order chi connectivity index (χ0) is 13.5. The van der Waals surface area contributed by atoms with Crippen molar-refractivity contribution < 1.29 is 14.7 Å². The third-order valence-corrected chi connectivity index (χ3v) is 2.12. The molecule has 17 heavy (non-hydrogen) atoms. The van der Waals surface area contributed by atoms with E-state index in [-0.39, 0.29) is 12.6 Å². The molecular weight excluding hydrogens is 220 g/mol. The summed E-state index contributed by atoms with van der Waals surface area (Å²) in [6.45, 7) is 5.50. The van der Waals surface area contributed by atoms with Gasteiger partial charge in [-0.15, -0.1) is 12.3 Å². The SMILES string of the molecule is C#CCCCNC(=O)N(CC(=O)O)C(C)(C)C. The van der Waals surface area contributed by atoms with E-state index in [1.54, 1.807) is 20.8 Å². The Kier molecular flexibility index (Phi) is 6.11. The minimum Gasteiger partial charge on any atom is -0.480 e. The van der Waals surface area contributed by atoms with Crippen LogP contribution in [0.25, 0.3) is 0 Å². The Labute approximate surface area is 102 Å². The Morgan fingerprint density at radius 1 is 1.41 bits per heavy atom. The van der Waals surface area contributed by atoms with Crippen molar-refractivity contribution in [2.24, 2.45) is 0 Å². The van der Waals surface area contributed by atoms with Gasteiger partial charge in [0.15, 0.2) is 0 Å². The van der Waals surface area contributed by atoms with Gasteiger partial charge in [-0.3, -0.25) is 4.79 Å². The fraction of sp³-hybridized carbons (Fsp3) is 0.667. The Morgan fingerprint density at radius 2 is 2.00 bits per heavy atom. The fourth-order valence-electron chi connectivity index (χ4n) is 1.23. The lowest BCUT2D eigenvalue weighted by Gasteiger charge is -2.34. The summed E-state index contributed by atoms with van der Waals surface area (Å²) in [4.78, 5) is 23.8. The molecule has 0 heterocycles. The number of urea groups is 1. The zero-order valence-corrected chi connectivity index (χ0v) is 10.6. The largest absolute Gasteiger partial charge is 0.480 e. The summed E-state index contributed by atoms with van der Waals surface area (Å²) in [6.07, 6.45) is 6.37. The molecule has 0 bridgehead atoms. The Hall–Kier alpha value is -1.70. The lowest BCUT2D eigenvalue weighted by Crippen LogP contribution is -2.52. The maximum absolute atomic E-state index is 11.8. The van der Waals surface area contributed by atoms with Gasteiger partial charge in [0, 0.05) is 18.5 Å². The molecule has 0 aromatic rings. The summed E-state index contributed by atoms with van der Waals surface area (Å²) in [6, 6.07) is -0.378. The van der Waals surface area contributed by atoms with Gasteiger partial charge in [0.2, 0.25) is 0 Å². The van der Waals surface area contributed by atoms with Gasteiger partial charge >= 0.3 is 12.0 Å². The molecule has 0 spiro atoms. The molecule has 0 rings (SSSR count). The second-order valence-electron chi connectivity index (χ2n) is 4.69. The second-order valence-corrected chi connectivity index (χ2v) is 4.69. The molecule has 2 N–H and O–H groups in total. The molecule has 0 atom stereocenters. The predicted molar refractivity (Wildman–Crippen MR) is 65.6 cm³/mol. The summed E-state index contributed by atoms with van der Waals surface area (Å²) < 4.78 is 0. The molecule has 2 amide bonds. The van der Waals surface area contributed by atoms with Crippen LogP contribution in [0.1, 0.15) is 33.6 Å². The topological polar surface area (TPSA) is 69.6 Å². The van der Waals surface area contributed by atoms with Crippen LogP contribution < -0.4 is 5.32 Å². The number of amides is 2. The third-order valence-electron chi connectivity index (χ3n) is 2.12. The van der Waals surface area contributed by atoms with Gasteiger partial charge in [-0.2, -0.15) is 0 Å². The zero-order valence-electron chi connectivity index (χ0n) is 10.6. The van der Waals surface area contributed by atoms with Crippen LogP contribution in [0.2, 0.25) is 0 Å². The summed E-state index contributed by atoms with van der Waals surface area (Å²) in [7, 11) is 0. The minimum absolute atomic E-state index is 0.315. The summed E-state index contributed by atoms with van der Waals surface area (Å²) in [5.41, 5.74) is -0.533. The number of nitrogens with one attached hydrogen (secondary N) is 1. The number of rotatable bonds is 5. The van der Waals surface area contributed by atoms with Crippen LogP contribution in [0.3, 0.4) is 0 Å². The van der Waals surface area contributed by atoms with Crippen molar-refractivity contribution in [2.75, 3.05) is 13.1 Å². The van der Waals surface area contributed by atoms with E-state index < -0.39 is 11.5 Å². The number of carbonyl (C=O) groups is 2. The highest BCUT2D eigenvalue weighted by molar-refractivity contribution is 5.80. The highest BCUT2D eigenvalue weighted by atomic mass is 16.4. The molecule has 5 nitrogen and oxygen atoms in total. The van der Waals surface area contributed by atoms with Crippen LogP contribution in [0.5, 0.6) is 0 Å². The number of nitrogens with zero attached hydrogens (tertiary/aromatic N) is 1. The highest BCUT2D eigenvalue weighted by Gasteiger charge is 2.27. The van der Waals surface area contributed by atoms with Gasteiger partial charge in [-0.1, -0.05) is 0 Å². The van der Waals surface area contributed by atoms with Gasteiger partial charge < -0.3 is 15.3 Å². The standard InChI is InChI=1S/C12H20N2O3/c1-5-6-7-8-13-11(17)14(9-10(15)16)12(2,3)4/h1H,6-9H2,2-4H3,(H,13,17)(H,15,16). The number of carboxylic acids is 1. The molecule has 0 radical (unpaired) electrons. The first-order valence-corrected chi connectivity index (χ1v) is 5.49. The Morgan fingerprint density at radius 3 is 2.41 bits per heavy atom. The number of unbranched alkanes of at least 4 members (excludes halogenated alkanes) is 1. The van der Waals surface area contributed by atoms with Crippen LogP contribution in [0.15, 0.2) is 0 Å². The summed E-state index contributed by atoms with van der Waals surface area (Å²) >= 11 is 0. The number of carboxylic acid groups (broad SMARTS) is 1. The Bertz CT molecular complexity index is 313. The molecule has 0 saturated carbocycles. The molecule has 0 saturated heterocycles. The van der Waals surface area contributed by atoms with E-state index in [1.807, 2.05) is 0 Å². The molecule has 0 aromatic carbocycles. The van der Waals surface area contributed by atoms with E-state index in [0.717, 1.165) is 0 Å². The first kappa shape index (κ1) is 15.3. The number of hydrogen-bond acceptors (Lipinski definition) is 2. The van der Waals surface area contributed by atoms with Crippen molar-refractivity contribution >= 4 is 12.0 Å². The van der Waals surface area contributed by atoms with E-state index in [9.17, 15) is 9.59 Å². The number of aliphatic carboxylic acids is 1. The maximum Gasteiger partial charge on any atom is 0.323 e. The van der Waals surface area contributed by atoms with Gasteiger partial charge in [-0.05, 0) is 27.2 Å². The van der Waals surface area contributed by atoms with Crippen molar-refractivity contribution in [3.63, 3.8) is 0 Å². The van der Waals surface area contributed by atoms with Gasteiger partial charge in [0.05, 0.1) is 0 Å². The van der Waals surface area contributed by atoms with E-state index in [0.29, 0.717) is 19.4 Å². The van der Waals surface area contributed by atoms with Crippen LogP contribution >= 0.6 is 0 Å². The average Bonchev–Trinajstić information content (AvgIpc) is 2.19. The summed E-state index contributed by atoms with van der Waals surface area (Å²) in [5.74, 6) is 1.45. The maximum atomic E-state index is 11.8. The van der Waals surface area contributed by atoms with Gasteiger partial charge in [0.1, 0.15) is 6.54 Å². The lowest BCUT2D eigenvalue weighted by molar-refractivity contribution is -0.138. The van der Waals surface area contributed by atoms with Gasteiger partial charge in [0.25, 0.3) is 0 Å². The number of hydrogen-bond donors (Lipinski definition) is 2. The molecular formula is C12H20N2O3. The van der Waals surface area contributed by atoms with Crippen LogP contribution in [0, 0.1) is 12.3 Å². The van der Waals surface area contributed by atoms with Crippen LogP contribution in [-0.4, -0.2) is 40.6 Å². The van der Waals surface area contributed by atoms with Crippen molar-refractivity contribution in [3.05, 3.63) is 0 Å². The molecule has 5 heteroatoms. The van der Waals surface area contributed by atoms with E-state index in [4.69, 9.17) is 11.5 Å². The van der Waals surface area contributed by atoms with Gasteiger partial charge in [-0.25, -0.2) is 4.79 Å². The normalized spacial score (nSPS) is 10.5. The predicted octanol–water partition coefficient (Wildman–Crippen LogP) is 1.29. The molecule has 0 unspecified atom stereocenters. The quantitative estimate of drug-likeness (QED) is 0.562. The van der Waals surface area contributed by atoms with Crippen molar-refractivity contribution in [3.8, 4) is 12.3 Å². The molecule has 0 aliphatic rings. The first-order chi connectivity index (χ1) is 7.79. The second kappa shape index (κ2) is 6.79. The average molecular weight is 240 g/mol. The van der Waals surface area contributed by atoms with Crippen LogP contribution in [0.4, 0.5) is 4.79 Å². The first-order valence-electron chi connectivity index (χ1n) is 5.49. The molecule has 0 aliphatic carbocycles. The monoisotopic (exact) mass is 240 g/mol. The molecule has 0 aliphatic heterocycles. The highest BCUT2D eigenvalue weighted by Crippen LogP contribution is 2.12.